The lowest BCUT2D eigenvalue weighted by Gasteiger charge is -2.24. The molecule has 0 spiro atoms. The Kier molecular flexibility index (Phi) is 3.56. The van der Waals surface area contributed by atoms with E-state index in [2.05, 4.69) is 10.6 Å². The average molecular weight is 291 g/mol. The van der Waals surface area contributed by atoms with Crippen molar-refractivity contribution in [2.24, 2.45) is 11.8 Å². The fourth-order valence-electron chi connectivity index (χ4n) is 3.45. The zero-order valence-corrected chi connectivity index (χ0v) is 11.9. The minimum absolute atomic E-state index is 0.0673. The Morgan fingerprint density at radius 1 is 1.35 bits per heavy atom. The molecule has 2 N–H and O–H groups in total. The predicted molar refractivity (Wildman–Crippen MR) is 81.7 cm³/mol. The second-order valence-electron chi connectivity index (χ2n) is 5.69. The van der Waals surface area contributed by atoms with Gasteiger partial charge in [0.2, 0.25) is 0 Å². The molecular formula is C14H17N3O2S. The normalized spacial score (nSPS) is 27.3. The fraction of sp³-hybridized carbons (Fsp3) is 0.500. The molecule has 2 bridgehead atoms. The molecule has 0 saturated heterocycles. The van der Waals surface area contributed by atoms with E-state index in [9.17, 15) is 10.1 Å². The van der Waals surface area contributed by atoms with E-state index < -0.39 is 4.92 Å². The number of anilines is 1. The first kappa shape index (κ1) is 13.3. The summed E-state index contributed by atoms with van der Waals surface area (Å²) in [6.07, 6.45) is 5.16. The first-order valence-corrected chi connectivity index (χ1v) is 7.34. The minimum atomic E-state index is -0.405. The Balaban J connectivity index is 1.59. The molecule has 0 unspecified atom stereocenters. The maximum atomic E-state index is 10.7. The molecule has 1 aromatic carbocycles. The number of nitrogens with one attached hydrogen (secondary N) is 2. The van der Waals surface area contributed by atoms with Crippen LogP contribution in [0.5, 0.6) is 0 Å². The van der Waals surface area contributed by atoms with Gasteiger partial charge in [-0.2, -0.15) is 0 Å². The van der Waals surface area contributed by atoms with Gasteiger partial charge < -0.3 is 10.6 Å². The highest BCUT2D eigenvalue weighted by molar-refractivity contribution is 7.80. The topological polar surface area (TPSA) is 67.2 Å². The van der Waals surface area contributed by atoms with Crippen LogP contribution in [0.15, 0.2) is 24.3 Å². The Bertz CT molecular complexity index is 549. The van der Waals surface area contributed by atoms with E-state index in [-0.39, 0.29) is 5.69 Å². The molecule has 2 aliphatic carbocycles. The first-order chi connectivity index (χ1) is 9.61. The lowest BCUT2D eigenvalue weighted by atomic mass is 9.96. The van der Waals surface area contributed by atoms with Gasteiger partial charge in [0.1, 0.15) is 0 Å². The van der Waals surface area contributed by atoms with Crippen molar-refractivity contribution >= 4 is 28.7 Å². The Morgan fingerprint density at radius 3 is 2.85 bits per heavy atom. The summed E-state index contributed by atoms with van der Waals surface area (Å²) in [6, 6.07) is 6.86. The summed E-state index contributed by atoms with van der Waals surface area (Å²) in [7, 11) is 0. The van der Waals surface area contributed by atoms with Crippen molar-refractivity contribution in [3.05, 3.63) is 34.4 Å². The summed E-state index contributed by atoms with van der Waals surface area (Å²) < 4.78 is 0. The summed E-state index contributed by atoms with van der Waals surface area (Å²) in [5.41, 5.74) is 0.720. The SMILES string of the molecule is O=[N+]([O-])c1cccc(NC(=S)N[C@H]2C[C@@H]3CC[C@@H]2C3)c1. The number of hydrogen-bond donors (Lipinski definition) is 2. The summed E-state index contributed by atoms with van der Waals surface area (Å²) in [5, 5.41) is 17.7. The van der Waals surface area contributed by atoms with Crippen LogP contribution in [0.3, 0.4) is 0 Å². The third-order valence-electron chi connectivity index (χ3n) is 4.37. The quantitative estimate of drug-likeness (QED) is 0.509. The third-order valence-corrected chi connectivity index (χ3v) is 4.59. The third kappa shape index (κ3) is 2.75. The van der Waals surface area contributed by atoms with E-state index >= 15 is 0 Å². The maximum absolute atomic E-state index is 10.7. The summed E-state index contributed by atoms with van der Waals surface area (Å²) >= 11 is 5.31. The fourth-order valence-corrected chi connectivity index (χ4v) is 3.72. The van der Waals surface area contributed by atoms with Crippen molar-refractivity contribution < 1.29 is 4.92 Å². The van der Waals surface area contributed by atoms with Crippen LogP contribution in [-0.4, -0.2) is 16.1 Å². The van der Waals surface area contributed by atoms with Crippen LogP contribution >= 0.6 is 12.2 Å². The average Bonchev–Trinajstić information content (AvgIpc) is 3.01. The van der Waals surface area contributed by atoms with Gasteiger partial charge in [-0.1, -0.05) is 12.5 Å². The molecule has 3 atom stereocenters. The molecule has 0 aliphatic heterocycles. The molecule has 0 amide bonds. The number of benzene rings is 1. The first-order valence-electron chi connectivity index (χ1n) is 6.94. The number of rotatable bonds is 3. The molecule has 106 valence electrons. The highest BCUT2D eigenvalue weighted by Gasteiger charge is 2.39. The zero-order chi connectivity index (χ0) is 14.1. The number of hydrogen-bond acceptors (Lipinski definition) is 3. The summed E-state index contributed by atoms with van der Waals surface area (Å²) in [4.78, 5) is 10.3. The van der Waals surface area contributed by atoms with Crippen LogP contribution in [0.4, 0.5) is 11.4 Å². The van der Waals surface area contributed by atoms with Gasteiger partial charge in [0.15, 0.2) is 5.11 Å². The van der Waals surface area contributed by atoms with Gasteiger partial charge in [-0.15, -0.1) is 0 Å². The van der Waals surface area contributed by atoms with Gasteiger partial charge in [-0.3, -0.25) is 10.1 Å². The van der Waals surface area contributed by atoms with Crippen LogP contribution in [0, 0.1) is 22.0 Å². The number of nitro groups is 1. The van der Waals surface area contributed by atoms with Crippen molar-refractivity contribution in [2.75, 3.05) is 5.32 Å². The highest BCUT2D eigenvalue weighted by Crippen LogP contribution is 2.44. The second-order valence-corrected chi connectivity index (χ2v) is 6.10. The van der Waals surface area contributed by atoms with Gasteiger partial charge in [0.05, 0.1) is 4.92 Å². The smallest absolute Gasteiger partial charge is 0.271 e. The van der Waals surface area contributed by atoms with E-state index in [1.54, 1.807) is 12.1 Å². The largest absolute Gasteiger partial charge is 0.359 e. The van der Waals surface area contributed by atoms with Gasteiger partial charge in [0, 0.05) is 23.9 Å². The molecule has 6 heteroatoms. The minimum Gasteiger partial charge on any atom is -0.359 e. The molecule has 1 aromatic rings. The lowest BCUT2D eigenvalue weighted by molar-refractivity contribution is -0.384. The van der Waals surface area contributed by atoms with Crippen LogP contribution in [0.1, 0.15) is 25.7 Å². The molecule has 20 heavy (non-hydrogen) atoms. The van der Waals surface area contributed by atoms with Crippen molar-refractivity contribution in [1.82, 2.24) is 5.32 Å². The number of non-ortho nitro benzene ring substituents is 1. The number of thiocarbonyl (C=S) groups is 1. The number of fused-ring (bicyclic) bond motifs is 2. The van der Waals surface area contributed by atoms with Crippen molar-refractivity contribution in [2.45, 2.75) is 31.7 Å². The molecular weight excluding hydrogens is 274 g/mol. The van der Waals surface area contributed by atoms with Gasteiger partial charge in [-0.25, -0.2) is 0 Å². The second kappa shape index (κ2) is 5.36. The van der Waals surface area contributed by atoms with E-state index in [1.807, 2.05) is 0 Å². The summed E-state index contributed by atoms with van der Waals surface area (Å²) in [6.45, 7) is 0. The number of nitrogens with zero attached hydrogens (tertiary/aromatic N) is 1. The van der Waals surface area contributed by atoms with Crippen LogP contribution in [0.2, 0.25) is 0 Å². The van der Waals surface area contributed by atoms with Crippen LogP contribution < -0.4 is 10.6 Å². The van der Waals surface area contributed by atoms with Crippen molar-refractivity contribution in [3.8, 4) is 0 Å². The zero-order valence-electron chi connectivity index (χ0n) is 11.0. The van der Waals surface area contributed by atoms with E-state index in [4.69, 9.17) is 12.2 Å². The predicted octanol–water partition coefficient (Wildman–Crippen LogP) is 3.07. The van der Waals surface area contributed by atoms with E-state index in [0.29, 0.717) is 16.8 Å². The number of nitro benzene ring substituents is 1. The van der Waals surface area contributed by atoms with Crippen molar-refractivity contribution in [3.63, 3.8) is 0 Å². The molecule has 0 heterocycles. The Labute approximate surface area is 122 Å². The van der Waals surface area contributed by atoms with Crippen LogP contribution in [0.25, 0.3) is 0 Å². The van der Waals surface area contributed by atoms with Gasteiger partial charge in [0.25, 0.3) is 5.69 Å². The van der Waals surface area contributed by atoms with Crippen molar-refractivity contribution in [1.29, 1.82) is 0 Å². The maximum Gasteiger partial charge on any atom is 0.271 e. The van der Waals surface area contributed by atoms with E-state index in [1.165, 1.54) is 37.8 Å². The standard InChI is InChI=1S/C14H17N3O2S/c18-17(19)12-3-1-2-11(8-12)15-14(20)16-13-7-9-4-5-10(13)6-9/h1-3,8-10,13H,4-7H2,(H2,15,16,20)/t9-,10-,13+/m1/s1. The molecule has 5 nitrogen and oxygen atoms in total. The monoisotopic (exact) mass is 291 g/mol. The Hall–Kier alpha value is -1.69. The molecule has 3 rings (SSSR count). The van der Waals surface area contributed by atoms with Gasteiger partial charge in [-0.05, 0) is 49.4 Å². The summed E-state index contributed by atoms with van der Waals surface area (Å²) in [5.74, 6) is 1.60. The lowest BCUT2D eigenvalue weighted by Crippen LogP contribution is -2.40. The molecule has 2 fully saturated rings. The molecule has 2 aliphatic rings. The molecule has 2 saturated carbocycles. The van der Waals surface area contributed by atoms with Crippen LogP contribution in [-0.2, 0) is 0 Å². The Morgan fingerprint density at radius 2 is 2.20 bits per heavy atom. The molecule has 0 aromatic heterocycles. The van der Waals surface area contributed by atoms with Gasteiger partial charge >= 0.3 is 0 Å². The highest BCUT2D eigenvalue weighted by atomic mass is 32.1. The van der Waals surface area contributed by atoms with E-state index in [0.717, 1.165) is 11.8 Å². The molecule has 0 radical (unpaired) electrons.